The summed E-state index contributed by atoms with van der Waals surface area (Å²) in [6.45, 7) is 2.24. The van der Waals surface area contributed by atoms with Crippen molar-refractivity contribution in [3.8, 4) is 0 Å². The molecule has 4 rings (SSSR count). The highest BCUT2D eigenvalue weighted by molar-refractivity contribution is 5.85. The van der Waals surface area contributed by atoms with Crippen LogP contribution in [0.25, 0.3) is 0 Å². The summed E-state index contributed by atoms with van der Waals surface area (Å²) in [5, 5.41) is 0. The van der Waals surface area contributed by atoms with E-state index >= 15 is 0 Å². The van der Waals surface area contributed by atoms with Gasteiger partial charge < -0.3 is 9.80 Å². The summed E-state index contributed by atoms with van der Waals surface area (Å²) in [5.74, 6) is 0.732. The van der Waals surface area contributed by atoms with Crippen LogP contribution >= 0.6 is 0 Å². The molecule has 4 heteroatoms. The molecule has 3 aliphatic rings. The fourth-order valence-corrected chi connectivity index (χ4v) is 4.08. The molecule has 4 nitrogen and oxygen atoms in total. The number of hydrogen-bond donors (Lipinski definition) is 0. The number of fused-ring (bicyclic) bond motifs is 4. The molecule has 3 aliphatic heterocycles. The molecule has 0 radical (unpaired) electrons. The molecule has 1 aromatic rings. The Morgan fingerprint density at radius 2 is 1.91 bits per heavy atom. The Morgan fingerprint density at radius 1 is 1.09 bits per heavy atom. The summed E-state index contributed by atoms with van der Waals surface area (Å²) in [6, 6.07) is 10.1. The molecule has 0 unspecified atom stereocenters. The van der Waals surface area contributed by atoms with Crippen LogP contribution < -0.4 is 0 Å². The highest BCUT2D eigenvalue weighted by atomic mass is 16.2. The maximum Gasteiger partial charge on any atom is 0.228 e. The first-order valence-corrected chi connectivity index (χ1v) is 8.01. The molecule has 2 bridgehead atoms. The summed E-state index contributed by atoms with van der Waals surface area (Å²) in [5.41, 5.74) is 1.17. The Hall–Kier alpha value is -2.10. The molecule has 3 atom stereocenters. The normalized spacial score (nSPS) is 30.5. The molecule has 0 aromatic heterocycles. The third-order valence-corrected chi connectivity index (χ3v) is 5.08. The van der Waals surface area contributed by atoms with Crippen LogP contribution in [-0.2, 0) is 16.1 Å². The van der Waals surface area contributed by atoms with Gasteiger partial charge in [-0.15, -0.1) is 0 Å². The van der Waals surface area contributed by atoms with E-state index in [1.807, 2.05) is 34.1 Å². The lowest BCUT2D eigenvalue weighted by Crippen LogP contribution is -2.61. The number of amides is 2. The third-order valence-electron chi connectivity index (χ3n) is 5.08. The molecule has 22 heavy (non-hydrogen) atoms. The second-order valence-electron chi connectivity index (χ2n) is 6.58. The summed E-state index contributed by atoms with van der Waals surface area (Å²) in [6.07, 6.45) is 5.39. The lowest BCUT2D eigenvalue weighted by atomic mass is 9.77. The van der Waals surface area contributed by atoms with Crippen LogP contribution in [0, 0.1) is 11.8 Å². The van der Waals surface area contributed by atoms with Gasteiger partial charge in [-0.25, -0.2) is 0 Å². The van der Waals surface area contributed by atoms with Crippen LogP contribution in [0.4, 0.5) is 0 Å². The molecular formula is C18H20N2O2. The van der Waals surface area contributed by atoms with Gasteiger partial charge in [-0.2, -0.15) is 0 Å². The fourth-order valence-electron chi connectivity index (χ4n) is 4.08. The van der Waals surface area contributed by atoms with Crippen molar-refractivity contribution in [1.29, 1.82) is 0 Å². The standard InChI is InChI=1S/C18H20N2O2/c21-17-8-4-7-16-15-9-14(12-20(16)17)11-19(18(15)22)10-13-5-2-1-3-6-13/h1-7,14-16H,8-12H2/t14-,15-,16+/m0/s1. The Kier molecular flexibility index (Phi) is 3.25. The van der Waals surface area contributed by atoms with Crippen molar-refractivity contribution in [2.45, 2.75) is 25.4 Å². The van der Waals surface area contributed by atoms with E-state index in [1.165, 1.54) is 5.56 Å². The molecule has 2 amide bonds. The highest BCUT2D eigenvalue weighted by Crippen LogP contribution is 2.36. The number of carbonyl (C=O) groups excluding carboxylic acids is 2. The number of piperidine rings is 2. The summed E-state index contributed by atoms with van der Waals surface area (Å²) in [4.78, 5) is 28.9. The maximum atomic E-state index is 12.9. The van der Waals surface area contributed by atoms with E-state index in [2.05, 4.69) is 18.2 Å². The van der Waals surface area contributed by atoms with Gasteiger partial charge in [0.25, 0.3) is 0 Å². The molecular weight excluding hydrogens is 276 g/mol. The number of benzene rings is 1. The van der Waals surface area contributed by atoms with Crippen LogP contribution in [0.2, 0.25) is 0 Å². The smallest absolute Gasteiger partial charge is 0.228 e. The molecule has 0 saturated carbocycles. The van der Waals surface area contributed by atoms with Crippen LogP contribution in [0.1, 0.15) is 18.4 Å². The third kappa shape index (κ3) is 2.23. The van der Waals surface area contributed by atoms with Gasteiger partial charge in [-0.3, -0.25) is 9.59 Å². The largest absolute Gasteiger partial charge is 0.338 e. The summed E-state index contributed by atoms with van der Waals surface area (Å²) in [7, 11) is 0. The molecule has 1 aromatic carbocycles. The van der Waals surface area contributed by atoms with E-state index in [0.717, 1.165) is 19.5 Å². The predicted octanol–water partition coefficient (Wildman–Crippen LogP) is 1.82. The number of hydrogen-bond acceptors (Lipinski definition) is 2. The van der Waals surface area contributed by atoms with E-state index in [-0.39, 0.29) is 23.8 Å². The SMILES string of the molecule is O=C1[C@H]2C[C@@H](CN1Cc1ccccc1)CN1C(=O)CC=C[C@H]21. The zero-order valence-electron chi connectivity index (χ0n) is 12.5. The number of carbonyl (C=O) groups is 2. The molecule has 0 N–H and O–H groups in total. The van der Waals surface area contributed by atoms with Crippen LogP contribution in [0.3, 0.4) is 0 Å². The van der Waals surface area contributed by atoms with Crippen LogP contribution in [0.15, 0.2) is 42.5 Å². The van der Waals surface area contributed by atoms with Crippen molar-refractivity contribution < 1.29 is 9.59 Å². The Balaban J connectivity index is 1.57. The Bertz CT molecular complexity index is 625. The van der Waals surface area contributed by atoms with Crippen molar-refractivity contribution in [2.24, 2.45) is 11.8 Å². The van der Waals surface area contributed by atoms with E-state index in [1.54, 1.807) is 0 Å². The van der Waals surface area contributed by atoms with Gasteiger partial charge in [0.1, 0.15) is 0 Å². The van der Waals surface area contributed by atoms with Crippen molar-refractivity contribution in [3.63, 3.8) is 0 Å². The molecule has 0 aliphatic carbocycles. The molecule has 114 valence electrons. The first-order valence-electron chi connectivity index (χ1n) is 8.01. The monoisotopic (exact) mass is 296 g/mol. The van der Waals surface area contributed by atoms with Gasteiger partial charge in [-0.05, 0) is 17.9 Å². The predicted molar refractivity (Wildman–Crippen MR) is 82.7 cm³/mol. The van der Waals surface area contributed by atoms with Gasteiger partial charge in [-0.1, -0.05) is 42.5 Å². The second kappa shape index (κ2) is 5.27. The molecule has 2 saturated heterocycles. The van der Waals surface area contributed by atoms with Gasteiger partial charge in [0.15, 0.2) is 0 Å². The number of nitrogens with zero attached hydrogens (tertiary/aromatic N) is 2. The minimum Gasteiger partial charge on any atom is -0.338 e. The van der Waals surface area contributed by atoms with Crippen molar-refractivity contribution in [1.82, 2.24) is 9.80 Å². The van der Waals surface area contributed by atoms with Gasteiger partial charge in [0, 0.05) is 26.1 Å². The summed E-state index contributed by atoms with van der Waals surface area (Å²) >= 11 is 0. The average molecular weight is 296 g/mol. The maximum absolute atomic E-state index is 12.9. The van der Waals surface area contributed by atoms with E-state index in [9.17, 15) is 9.59 Å². The fraction of sp³-hybridized carbons (Fsp3) is 0.444. The second-order valence-corrected chi connectivity index (χ2v) is 6.58. The van der Waals surface area contributed by atoms with Gasteiger partial charge in [0.2, 0.25) is 11.8 Å². The lowest BCUT2D eigenvalue weighted by Gasteiger charge is -2.50. The number of rotatable bonds is 2. The van der Waals surface area contributed by atoms with Crippen molar-refractivity contribution in [3.05, 3.63) is 48.0 Å². The van der Waals surface area contributed by atoms with Gasteiger partial charge >= 0.3 is 0 Å². The zero-order chi connectivity index (χ0) is 15.1. The summed E-state index contributed by atoms with van der Waals surface area (Å²) < 4.78 is 0. The average Bonchev–Trinajstić information content (AvgIpc) is 2.54. The Labute approximate surface area is 130 Å². The van der Waals surface area contributed by atoms with Crippen molar-refractivity contribution in [2.75, 3.05) is 13.1 Å². The number of likely N-dealkylation sites (tertiary alicyclic amines) is 1. The van der Waals surface area contributed by atoms with Crippen LogP contribution in [-0.4, -0.2) is 40.7 Å². The topological polar surface area (TPSA) is 40.6 Å². The minimum absolute atomic E-state index is 0.0245. The Morgan fingerprint density at radius 3 is 2.73 bits per heavy atom. The first kappa shape index (κ1) is 13.6. The van der Waals surface area contributed by atoms with Crippen molar-refractivity contribution >= 4 is 11.8 Å². The first-order chi connectivity index (χ1) is 10.7. The van der Waals surface area contributed by atoms with E-state index in [0.29, 0.717) is 18.9 Å². The minimum atomic E-state index is -0.0586. The van der Waals surface area contributed by atoms with E-state index < -0.39 is 0 Å². The highest BCUT2D eigenvalue weighted by Gasteiger charge is 2.46. The zero-order valence-corrected chi connectivity index (χ0v) is 12.5. The molecule has 3 heterocycles. The molecule has 2 fully saturated rings. The van der Waals surface area contributed by atoms with E-state index in [4.69, 9.17) is 0 Å². The molecule has 0 spiro atoms. The van der Waals surface area contributed by atoms with Gasteiger partial charge in [0.05, 0.1) is 12.0 Å². The lowest BCUT2D eigenvalue weighted by molar-refractivity contribution is -0.153. The van der Waals surface area contributed by atoms with Crippen LogP contribution in [0.5, 0.6) is 0 Å². The quantitative estimate of drug-likeness (QED) is 0.781.